The van der Waals surface area contributed by atoms with Gasteiger partial charge in [-0.25, -0.2) is 0 Å². The molecule has 1 atom stereocenters. The number of hydrogen-bond acceptors (Lipinski definition) is 3. The fourth-order valence-corrected chi connectivity index (χ4v) is 3.61. The van der Waals surface area contributed by atoms with Crippen LogP contribution in [0.25, 0.3) is 0 Å². The van der Waals surface area contributed by atoms with E-state index < -0.39 is 0 Å². The number of nitrogens with zero attached hydrogens (tertiary/aromatic N) is 2. The van der Waals surface area contributed by atoms with Gasteiger partial charge in [-0.05, 0) is 17.5 Å². The Morgan fingerprint density at radius 3 is 1.89 bits per heavy atom. The largest absolute Gasteiger partial charge is 0.369 e. The molecule has 0 spiro atoms. The zero-order valence-corrected chi connectivity index (χ0v) is 16.3. The molecule has 1 saturated heterocycles. The van der Waals surface area contributed by atoms with Crippen molar-refractivity contribution in [3.8, 4) is 0 Å². The van der Waals surface area contributed by atoms with Gasteiger partial charge in [0.1, 0.15) is 0 Å². The molecule has 5 heteroatoms. The summed E-state index contributed by atoms with van der Waals surface area (Å²) >= 11 is 0. The lowest BCUT2D eigenvalue weighted by atomic mass is 9.96. The Bertz CT molecular complexity index is 731. The molecule has 1 radical (unpaired) electrons. The van der Waals surface area contributed by atoms with E-state index in [1.807, 2.05) is 17.0 Å². The average Bonchev–Trinajstić information content (AvgIpc) is 2.74. The van der Waals surface area contributed by atoms with Crippen molar-refractivity contribution in [1.29, 1.82) is 0 Å². The maximum atomic E-state index is 12.4. The van der Waals surface area contributed by atoms with Gasteiger partial charge in [0.25, 0.3) is 0 Å². The Balaban J connectivity index is 1.64. The molecule has 2 aromatic carbocycles. The number of amides is 2. The van der Waals surface area contributed by atoms with Gasteiger partial charge in [-0.2, -0.15) is 0 Å². The summed E-state index contributed by atoms with van der Waals surface area (Å²) in [6.45, 7) is 4.71. The highest BCUT2D eigenvalue weighted by molar-refractivity contribution is 5.86. The van der Waals surface area contributed by atoms with Crippen LogP contribution in [0.3, 0.4) is 0 Å². The molecular weight excluding hydrogens is 350 g/mol. The second-order valence-corrected chi connectivity index (χ2v) is 7.33. The third kappa shape index (κ3) is 4.98. The lowest BCUT2D eigenvalue weighted by Gasteiger charge is -2.40. The smallest absolute Gasteiger partial charge is 0.226 e. The van der Waals surface area contributed by atoms with Crippen LogP contribution in [-0.4, -0.2) is 47.8 Å². The molecule has 2 aromatic rings. The fraction of sp³-hybridized carbons (Fsp3) is 0.348. The molecular formula is C23H28N3O2. The minimum Gasteiger partial charge on any atom is -0.369 e. The van der Waals surface area contributed by atoms with Gasteiger partial charge in [-0.15, -0.1) is 0 Å². The van der Waals surface area contributed by atoms with Crippen molar-refractivity contribution < 1.29 is 9.59 Å². The second-order valence-electron chi connectivity index (χ2n) is 7.33. The number of carbonyl (C=O) groups is 2. The molecule has 28 heavy (non-hydrogen) atoms. The predicted octanol–water partition coefficient (Wildman–Crippen LogP) is 2.64. The van der Waals surface area contributed by atoms with Gasteiger partial charge in [0.2, 0.25) is 11.8 Å². The van der Waals surface area contributed by atoms with E-state index in [0.29, 0.717) is 19.5 Å². The van der Waals surface area contributed by atoms with Crippen LogP contribution >= 0.6 is 0 Å². The third-order valence-corrected chi connectivity index (χ3v) is 5.35. The summed E-state index contributed by atoms with van der Waals surface area (Å²) in [6.07, 6.45) is 1.99. The van der Waals surface area contributed by atoms with Gasteiger partial charge in [0.15, 0.2) is 0 Å². The molecule has 1 fully saturated rings. The highest BCUT2D eigenvalue weighted by atomic mass is 16.2. The monoisotopic (exact) mass is 378 g/mol. The average molecular weight is 378 g/mol. The van der Waals surface area contributed by atoms with Crippen molar-refractivity contribution in [3.63, 3.8) is 0 Å². The summed E-state index contributed by atoms with van der Waals surface area (Å²) in [4.78, 5) is 27.9. The highest BCUT2D eigenvalue weighted by Crippen LogP contribution is 2.29. The molecule has 2 N–H and O–H groups in total. The first-order chi connectivity index (χ1) is 13.6. The van der Waals surface area contributed by atoms with Crippen LogP contribution in [0.4, 0.5) is 0 Å². The predicted molar refractivity (Wildman–Crippen MR) is 110 cm³/mol. The second kappa shape index (κ2) is 9.51. The zero-order chi connectivity index (χ0) is 19.9. The van der Waals surface area contributed by atoms with E-state index >= 15 is 0 Å². The van der Waals surface area contributed by atoms with Gasteiger partial charge in [-0.3, -0.25) is 14.5 Å². The molecule has 1 heterocycles. The molecule has 147 valence electrons. The number of nitrogens with two attached hydrogens (primary N) is 1. The van der Waals surface area contributed by atoms with Crippen molar-refractivity contribution in [2.75, 3.05) is 26.2 Å². The van der Waals surface area contributed by atoms with E-state index in [9.17, 15) is 9.59 Å². The molecule has 0 aromatic heterocycles. The summed E-state index contributed by atoms with van der Waals surface area (Å²) in [7, 11) is 0. The number of primary amides is 1. The number of benzene rings is 2. The van der Waals surface area contributed by atoms with Gasteiger partial charge >= 0.3 is 0 Å². The van der Waals surface area contributed by atoms with E-state index in [-0.39, 0.29) is 23.8 Å². The Hall–Kier alpha value is -2.66. The molecule has 0 aliphatic carbocycles. The standard InChI is InChI=1S/C23H28N3O2/c1-18(23(24)28)12-13-21(27)25-14-16-26(17-15-25)22(19-8-4-2-5-9-19)20-10-6-3-7-11-20/h2-11,13,18,22H,12,14-17H2,1H3,(H2,24,28). The maximum absolute atomic E-state index is 12.4. The van der Waals surface area contributed by atoms with Gasteiger partial charge < -0.3 is 10.6 Å². The SMILES string of the molecule is CC(C[CH]C(=O)N1CCN(C(c2ccccc2)c2ccccc2)CC1)C(N)=O. The first-order valence-electron chi connectivity index (χ1n) is 9.81. The topological polar surface area (TPSA) is 66.6 Å². The number of piperazine rings is 1. The van der Waals surface area contributed by atoms with Crippen molar-refractivity contribution in [1.82, 2.24) is 9.80 Å². The summed E-state index contributed by atoms with van der Waals surface area (Å²) in [5.74, 6) is -0.697. The van der Waals surface area contributed by atoms with Crippen LogP contribution < -0.4 is 5.73 Å². The lowest BCUT2D eigenvalue weighted by Crippen LogP contribution is -2.50. The first kappa shape index (κ1) is 20.1. The summed E-state index contributed by atoms with van der Waals surface area (Å²) in [5.41, 5.74) is 7.79. The zero-order valence-electron chi connectivity index (χ0n) is 16.3. The quantitative estimate of drug-likeness (QED) is 0.805. The summed E-state index contributed by atoms with van der Waals surface area (Å²) in [6, 6.07) is 21.2. The Morgan fingerprint density at radius 1 is 0.929 bits per heavy atom. The molecule has 5 nitrogen and oxygen atoms in total. The van der Waals surface area contributed by atoms with Crippen molar-refractivity contribution in [3.05, 3.63) is 78.2 Å². The van der Waals surface area contributed by atoms with Gasteiger partial charge in [0, 0.05) is 32.1 Å². The number of rotatable bonds is 7. The molecule has 3 rings (SSSR count). The molecule has 0 bridgehead atoms. The van der Waals surface area contributed by atoms with Crippen molar-refractivity contribution in [2.24, 2.45) is 11.7 Å². The van der Waals surface area contributed by atoms with E-state index in [2.05, 4.69) is 53.4 Å². The Kier molecular flexibility index (Phi) is 6.82. The van der Waals surface area contributed by atoms with Crippen LogP contribution in [0.5, 0.6) is 0 Å². The van der Waals surface area contributed by atoms with E-state index in [4.69, 9.17) is 5.73 Å². The Morgan fingerprint density at radius 2 is 1.43 bits per heavy atom. The summed E-state index contributed by atoms with van der Waals surface area (Å²) in [5, 5.41) is 0. The van der Waals surface area contributed by atoms with E-state index in [0.717, 1.165) is 13.1 Å². The van der Waals surface area contributed by atoms with Crippen LogP contribution in [-0.2, 0) is 9.59 Å². The Labute approximate surface area is 167 Å². The normalized spacial score (nSPS) is 16.1. The first-order valence-corrected chi connectivity index (χ1v) is 9.81. The van der Waals surface area contributed by atoms with Gasteiger partial charge in [0.05, 0.1) is 12.5 Å². The number of carbonyl (C=O) groups excluding carboxylic acids is 2. The highest BCUT2D eigenvalue weighted by Gasteiger charge is 2.28. The number of hydrogen-bond donors (Lipinski definition) is 1. The minimum absolute atomic E-state index is 0.0104. The fourth-order valence-electron chi connectivity index (χ4n) is 3.61. The molecule has 1 unspecified atom stereocenters. The van der Waals surface area contributed by atoms with E-state index in [1.165, 1.54) is 11.1 Å². The van der Waals surface area contributed by atoms with Crippen LogP contribution in [0.1, 0.15) is 30.5 Å². The molecule has 2 amide bonds. The van der Waals surface area contributed by atoms with Crippen LogP contribution in [0.15, 0.2) is 60.7 Å². The molecule has 1 aliphatic rings. The molecule has 1 aliphatic heterocycles. The van der Waals surface area contributed by atoms with Crippen LogP contribution in [0.2, 0.25) is 0 Å². The lowest BCUT2D eigenvalue weighted by molar-refractivity contribution is -0.129. The maximum Gasteiger partial charge on any atom is 0.226 e. The van der Waals surface area contributed by atoms with E-state index in [1.54, 1.807) is 13.3 Å². The minimum atomic E-state index is -0.373. The van der Waals surface area contributed by atoms with Gasteiger partial charge in [-0.1, -0.05) is 67.6 Å². The van der Waals surface area contributed by atoms with Crippen molar-refractivity contribution >= 4 is 11.8 Å². The van der Waals surface area contributed by atoms with Crippen molar-refractivity contribution in [2.45, 2.75) is 19.4 Å². The van der Waals surface area contributed by atoms with Crippen LogP contribution in [0, 0.1) is 12.3 Å². The third-order valence-electron chi connectivity index (χ3n) is 5.35. The summed E-state index contributed by atoms with van der Waals surface area (Å²) < 4.78 is 0. The molecule has 0 saturated carbocycles.